The largest absolute Gasteiger partial charge is 0.494 e. The smallest absolute Gasteiger partial charge is 0.122 e. The lowest BCUT2D eigenvalue weighted by Crippen LogP contribution is -2.00. The number of hydrogen-bond donors (Lipinski definition) is 0. The van der Waals surface area contributed by atoms with Crippen LogP contribution in [-0.2, 0) is 0 Å². The summed E-state index contributed by atoms with van der Waals surface area (Å²) in [5.74, 6) is 1.94. The van der Waals surface area contributed by atoms with Crippen LogP contribution in [0.2, 0.25) is 0 Å². The number of unbranched alkanes of at least 4 members (excludes halogenated alkanes) is 1. The summed E-state index contributed by atoms with van der Waals surface area (Å²) in [5, 5.41) is 2.45. The molecule has 0 amide bonds. The van der Waals surface area contributed by atoms with E-state index in [0.717, 1.165) is 37.6 Å². The standard InChI is InChI=1S/C21H29BrO2/c1-4-13-24-21-12-9-17-15-19(10-11-20(17)16(21)3)23-14-7-6-8-18(22)5-2/h9-12,15,18H,4-8,13-14H2,1-3H3. The Morgan fingerprint density at radius 1 is 1.00 bits per heavy atom. The van der Waals surface area contributed by atoms with Gasteiger partial charge < -0.3 is 9.47 Å². The van der Waals surface area contributed by atoms with Crippen molar-refractivity contribution in [3.05, 3.63) is 35.9 Å². The fraction of sp³-hybridized carbons (Fsp3) is 0.524. The fourth-order valence-electron chi connectivity index (χ4n) is 2.76. The third-order valence-corrected chi connectivity index (χ3v) is 5.40. The first kappa shape index (κ1) is 19.1. The molecule has 1 unspecified atom stereocenters. The van der Waals surface area contributed by atoms with Crippen LogP contribution >= 0.6 is 15.9 Å². The van der Waals surface area contributed by atoms with Gasteiger partial charge in [-0.1, -0.05) is 41.9 Å². The monoisotopic (exact) mass is 392 g/mol. The van der Waals surface area contributed by atoms with E-state index in [4.69, 9.17) is 9.47 Å². The van der Waals surface area contributed by atoms with Gasteiger partial charge in [-0.2, -0.15) is 0 Å². The molecule has 1 atom stereocenters. The predicted octanol–water partition coefficient (Wildman–Crippen LogP) is 6.66. The summed E-state index contributed by atoms with van der Waals surface area (Å²) in [5.41, 5.74) is 1.20. The van der Waals surface area contributed by atoms with E-state index in [-0.39, 0.29) is 0 Å². The molecule has 0 aliphatic heterocycles. The molecule has 2 rings (SSSR count). The molecule has 0 spiro atoms. The van der Waals surface area contributed by atoms with E-state index in [1.807, 2.05) is 0 Å². The summed E-state index contributed by atoms with van der Waals surface area (Å²) in [4.78, 5) is 0.644. The average Bonchev–Trinajstić information content (AvgIpc) is 2.60. The number of rotatable bonds is 10. The van der Waals surface area contributed by atoms with E-state index in [0.29, 0.717) is 4.83 Å². The summed E-state index contributed by atoms with van der Waals surface area (Å²) < 4.78 is 11.7. The van der Waals surface area contributed by atoms with Gasteiger partial charge in [-0.3, -0.25) is 0 Å². The van der Waals surface area contributed by atoms with E-state index in [2.05, 4.69) is 67.0 Å². The Morgan fingerprint density at radius 2 is 1.83 bits per heavy atom. The number of hydrogen-bond acceptors (Lipinski definition) is 2. The number of alkyl halides is 1. The van der Waals surface area contributed by atoms with Crippen LogP contribution in [0.5, 0.6) is 11.5 Å². The normalized spacial score (nSPS) is 12.3. The van der Waals surface area contributed by atoms with E-state index >= 15 is 0 Å². The van der Waals surface area contributed by atoms with E-state index < -0.39 is 0 Å². The molecule has 2 nitrogen and oxygen atoms in total. The van der Waals surface area contributed by atoms with Gasteiger partial charge in [0.25, 0.3) is 0 Å². The van der Waals surface area contributed by atoms with Gasteiger partial charge in [0.15, 0.2) is 0 Å². The zero-order valence-corrected chi connectivity index (χ0v) is 16.7. The molecule has 24 heavy (non-hydrogen) atoms. The summed E-state index contributed by atoms with van der Waals surface area (Å²) in [6, 6.07) is 10.5. The van der Waals surface area contributed by atoms with Crippen molar-refractivity contribution in [3.63, 3.8) is 0 Å². The Balaban J connectivity index is 1.94. The second-order valence-corrected chi connectivity index (χ2v) is 7.56. The third kappa shape index (κ3) is 5.41. The Bertz CT molecular complexity index is 639. The van der Waals surface area contributed by atoms with Crippen LogP contribution in [0.4, 0.5) is 0 Å². The minimum atomic E-state index is 0.644. The summed E-state index contributed by atoms with van der Waals surface area (Å²) >= 11 is 3.68. The van der Waals surface area contributed by atoms with Crippen LogP contribution in [0, 0.1) is 6.92 Å². The van der Waals surface area contributed by atoms with Crippen molar-refractivity contribution in [3.8, 4) is 11.5 Å². The Labute approximate surface area is 154 Å². The van der Waals surface area contributed by atoms with Crippen LogP contribution < -0.4 is 9.47 Å². The van der Waals surface area contributed by atoms with Crippen molar-refractivity contribution in [1.29, 1.82) is 0 Å². The van der Waals surface area contributed by atoms with Crippen LogP contribution in [0.15, 0.2) is 30.3 Å². The zero-order chi connectivity index (χ0) is 17.4. The second-order valence-electron chi connectivity index (χ2n) is 6.27. The minimum absolute atomic E-state index is 0.644. The highest BCUT2D eigenvalue weighted by Gasteiger charge is 2.06. The summed E-state index contributed by atoms with van der Waals surface area (Å²) in [6.07, 6.45) is 5.74. The molecule has 0 N–H and O–H groups in total. The summed E-state index contributed by atoms with van der Waals surface area (Å²) in [6.45, 7) is 8.01. The quantitative estimate of drug-likeness (QED) is 0.332. The van der Waals surface area contributed by atoms with Crippen LogP contribution in [-0.4, -0.2) is 18.0 Å². The first-order chi connectivity index (χ1) is 11.7. The molecule has 0 saturated heterocycles. The topological polar surface area (TPSA) is 18.5 Å². The molecular weight excluding hydrogens is 364 g/mol. The van der Waals surface area contributed by atoms with Gasteiger partial charge in [0.2, 0.25) is 0 Å². The molecular formula is C21H29BrO2. The zero-order valence-electron chi connectivity index (χ0n) is 15.1. The lowest BCUT2D eigenvalue weighted by Gasteiger charge is -2.12. The molecule has 0 radical (unpaired) electrons. The highest BCUT2D eigenvalue weighted by atomic mass is 79.9. The van der Waals surface area contributed by atoms with Gasteiger partial charge in [0.05, 0.1) is 13.2 Å². The number of ether oxygens (including phenoxy) is 2. The van der Waals surface area contributed by atoms with Crippen molar-refractivity contribution in [2.75, 3.05) is 13.2 Å². The van der Waals surface area contributed by atoms with Crippen molar-refractivity contribution in [2.24, 2.45) is 0 Å². The maximum absolute atomic E-state index is 5.92. The van der Waals surface area contributed by atoms with Crippen LogP contribution in [0.25, 0.3) is 10.8 Å². The maximum atomic E-state index is 5.92. The van der Waals surface area contributed by atoms with Crippen LogP contribution in [0.3, 0.4) is 0 Å². The Morgan fingerprint density at radius 3 is 2.58 bits per heavy atom. The molecule has 3 heteroatoms. The van der Waals surface area contributed by atoms with Crippen molar-refractivity contribution in [2.45, 2.75) is 57.7 Å². The number of fused-ring (bicyclic) bond motifs is 1. The van der Waals surface area contributed by atoms with Gasteiger partial charge in [-0.15, -0.1) is 0 Å². The number of aryl methyl sites for hydroxylation is 1. The lowest BCUT2D eigenvalue weighted by atomic mass is 10.0. The predicted molar refractivity (Wildman–Crippen MR) is 107 cm³/mol. The highest BCUT2D eigenvalue weighted by Crippen LogP contribution is 2.30. The van der Waals surface area contributed by atoms with Gasteiger partial charge in [-0.05, 0) is 73.6 Å². The molecule has 2 aromatic carbocycles. The van der Waals surface area contributed by atoms with E-state index in [1.165, 1.54) is 35.6 Å². The van der Waals surface area contributed by atoms with Crippen molar-refractivity contribution < 1.29 is 9.47 Å². The first-order valence-corrected chi connectivity index (χ1v) is 10.00. The van der Waals surface area contributed by atoms with E-state index in [1.54, 1.807) is 0 Å². The van der Waals surface area contributed by atoms with E-state index in [9.17, 15) is 0 Å². The SMILES string of the molecule is CCCOc1ccc2cc(OCCCCC(Br)CC)ccc2c1C. The fourth-order valence-corrected chi connectivity index (χ4v) is 3.09. The molecule has 0 bridgehead atoms. The van der Waals surface area contributed by atoms with Gasteiger partial charge in [0, 0.05) is 4.83 Å². The number of benzene rings is 2. The first-order valence-electron chi connectivity index (χ1n) is 9.08. The highest BCUT2D eigenvalue weighted by molar-refractivity contribution is 9.09. The summed E-state index contributed by atoms with van der Waals surface area (Å²) in [7, 11) is 0. The number of halogens is 1. The molecule has 0 aliphatic rings. The van der Waals surface area contributed by atoms with Crippen LogP contribution in [0.1, 0.15) is 51.5 Å². The molecule has 0 fully saturated rings. The average molecular weight is 393 g/mol. The molecule has 0 heterocycles. The molecule has 2 aromatic rings. The Hall–Kier alpha value is -1.22. The Kier molecular flexibility index (Phi) is 7.90. The molecule has 0 aromatic heterocycles. The van der Waals surface area contributed by atoms with Gasteiger partial charge in [0.1, 0.15) is 11.5 Å². The maximum Gasteiger partial charge on any atom is 0.122 e. The van der Waals surface area contributed by atoms with Gasteiger partial charge in [-0.25, -0.2) is 0 Å². The molecule has 132 valence electrons. The van der Waals surface area contributed by atoms with Gasteiger partial charge >= 0.3 is 0 Å². The third-order valence-electron chi connectivity index (χ3n) is 4.30. The lowest BCUT2D eigenvalue weighted by molar-refractivity contribution is 0.305. The van der Waals surface area contributed by atoms with Crippen molar-refractivity contribution >= 4 is 26.7 Å². The molecule has 0 saturated carbocycles. The molecule has 0 aliphatic carbocycles. The van der Waals surface area contributed by atoms with Crippen molar-refractivity contribution in [1.82, 2.24) is 0 Å². The minimum Gasteiger partial charge on any atom is -0.494 e. The second kappa shape index (κ2) is 9.93.